The number of nitrogens with zero attached hydrogens (tertiary/aromatic N) is 1. The number of hydrogen-bond donors (Lipinski definition) is 1. The van der Waals surface area contributed by atoms with Crippen molar-refractivity contribution in [2.75, 3.05) is 13.7 Å². The SMILES string of the molecule is COc1ccc2c(c1)[C@@H](N[C@H](c1ncccc1C)C(C)C)CCO2. The third-order valence-electron chi connectivity index (χ3n) is 4.65. The quantitative estimate of drug-likeness (QED) is 0.894. The normalized spacial score (nSPS) is 18.0. The molecule has 1 aliphatic heterocycles. The molecule has 0 saturated carbocycles. The zero-order valence-electron chi connectivity index (χ0n) is 14.9. The Morgan fingerprint density at radius 3 is 2.83 bits per heavy atom. The van der Waals surface area contributed by atoms with E-state index in [0.717, 1.165) is 30.2 Å². The van der Waals surface area contributed by atoms with Crippen molar-refractivity contribution < 1.29 is 9.47 Å². The van der Waals surface area contributed by atoms with Crippen molar-refractivity contribution >= 4 is 0 Å². The Labute approximate surface area is 144 Å². The van der Waals surface area contributed by atoms with Gasteiger partial charge in [-0.1, -0.05) is 19.9 Å². The number of pyridine rings is 1. The average Bonchev–Trinajstić information content (AvgIpc) is 2.60. The minimum Gasteiger partial charge on any atom is -0.497 e. The van der Waals surface area contributed by atoms with Gasteiger partial charge in [-0.3, -0.25) is 4.98 Å². The smallest absolute Gasteiger partial charge is 0.124 e. The summed E-state index contributed by atoms with van der Waals surface area (Å²) in [5.74, 6) is 2.25. The number of hydrogen-bond acceptors (Lipinski definition) is 4. The van der Waals surface area contributed by atoms with Gasteiger partial charge in [0.05, 0.1) is 25.5 Å². The molecule has 24 heavy (non-hydrogen) atoms. The van der Waals surface area contributed by atoms with E-state index < -0.39 is 0 Å². The number of aromatic nitrogens is 1. The summed E-state index contributed by atoms with van der Waals surface area (Å²) >= 11 is 0. The molecule has 128 valence electrons. The van der Waals surface area contributed by atoms with Crippen LogP contribution in [0.3, 0.4) is 0 Å². The Morgan fingerprint density at radius 1 is 1.29 bits per heavy atom. The van der Waals surface area contributed by atoms with Gasteiger partial charge in [0.25, 0.3) is 0 Å². The van der Waals surface area contributed by atoms with Gasteiger partial charge < -0.3 is 14.8 Å². The lowest BCUT2D eigenvalue weighted by Gasteiger charge is -2.33. The van der Waals surface area contributed by atoms with Crippen molar-refractivity contribution in [2.24, 2.45) is 5.92 Å². The molecule has 2 heterocycles. The second-order valence-corrected chi connectivity index (χ2v) is 6.69. The van der Waals surface area contributed by atoms with E-state index in [4.69, 9.17) is 9.47 Å². The van der Waals surface area contributed by atoms with E-state index in [2.05, 4.69) is 43.2 Å². The Balaban J connectivity index is 1.91. The zero-order chi connectivity index (χ0) is 17.1. The Bertz CT molecular complexity index is 700. The van der Waals surface area contributed by atoms with Crippen molar-refractivity contribution in [3.05, 3.63) is 53.3 Å². The van der Waals surface area contributed by atoms with E-state index in [0.29, 0.717) is 5.92 Å². The highest BCUT2D eigenvalue weighted by atomic mass is 16.5. The number of methoxy groups -OCH3 is 1. The number of nitrogens with one attached hydrogen (secondary N) is 1. The first-order valence-electron chi connectivity index (χ1n) is 8.58. The maximum absolute atomic E-state index is 5.81. The maximum atomic E-state index is 5.81. The molecule has 1 N–H and O–H groups in total. The molecular weight excluding hydrogens is 300 g/mol. The van der Waals surface area contributed by atoms with Crippen LogP contribution >= 0.6 is 0 Å². The minimum atomic E-state index is 0.202. The first-order valence-corrected chi connectivity index (χ1v) is 8.58. The van der Waals surface area contributed by atoms with Crippen LogP contribution in [0.2, 0.25) is 0 Å². The van der Waals surface area contributed by atoms with Gasteiger partial charge in [0.1, 0.15) is 11.5 Å². The summed E-state index contributed by atoms with van der Waals surface area (Å²) in [5.41, 5.74) is 3.52. The van der Waals surface area contributed by atoms with E-state index in [1.807, 2.05) is 24.4 Å². The molecule has 0 saturated heterocycles. The Kier molecular flexibility index (Phi) is 5.05. The van der Waals surface area contributed by atoms with Gasteiger partial charge in [0.2, 0.25) is 0 Å². The third kappa shape index (κ3) is 3.39. The van der Waals surface area contributed by atoms with Gasteiger partial charge in [0.15, 0.2) is 0 Å². The highest BCUT2D eigenvalue weighted by Crippen LogP contribution is 2.37. The van der Waals surface area contributed by atoms with Crippen LogP contribution in [0.1, 0.15) is 49.2 Å². The number of fused-ring (bicyclic) bond motifs is 1. The van der Waals surface area contributed by atoms with Crippen molar-refractivity contribution in [1.29, 1.82) is 0 Å². The van der Waals surface area contributed by atoms with Crippen LogP contribution in [0.5, 0.6) is 11.5 Å². The van der Waals surface area contributed by atoms with Gasteiger partial charge in [-0.2, -0.15) is 0 Å². The fraction of sp³-hybridized carbons (Fsp3) is 0.450. The van der Waals surface area contributed by atoms with Crippen LogP contribution in [-0.2, 0) is 0 Å². The predicted molar refractivity (Wildman–Crippen MR) is 95.5 cm³/mol. The molecular formula is C20H26N2O2. The molecule has 0 fully saturated rings. The lowest BCUT2D eigenvalue weighted by molar-refractivity contribution is 0.232. The van der Waals surface area contributed by atoms with E-state index in [1.165, 1.54) is 11.1 Å². The first-order chi connectivity index (χ1) is 11.6. The lowest BCUT2D eigenvalue weighted by atomic mass is 9.93. The molecule has 0 bridgehead atoms. The molecule has 1 aromatic carbocycles. The number of ether oxygens (including phenoxy) is 2. The summed E-state index contributed by atoms with van der Waals surface area (Å²) in [6.45, 7) is 7.32. The molecule has 4 heteroatoms. The number of aryl methyl sites for hydroxylation is 1. The third-order valence-corrected chi connectivity index (χ3v) is 4.65. The van der Waals surface area contributed by atoms with Gasteiger partial charge in [0, 0.05) is 24.2 Å². The van der Waals surface area contributed by atoms with Crippen LogP contribution < -0.4 is 14.8 Å². The van der Waals surface area contributed by atoms with Gasteiger partial charge >= 0.3 is 0 Å². The topological polar surface area (TPSA) is 43.4 Å². The van der Waals surface area contributed by atoms with E-state index in [9.17, 15) is 0 Å². The molecule has 0 amide bonds. The predicted octanol–water partition coefficient (Wildman–Crippen LogP) is 4.21. The number of benzene rings is 1. The molecule has 0 aliphatic carbocycles. The Morgan fingerprint density at radius 2 is 2.12 bits per heavy atom. The van der Waals surface area contributed by atoms with E-state index in [1.54, 1.807) is 7.11 Å². The minimum absolute atomic E-state index is 0.202. The lowest BCUT2D eigenvalue weighted by Crippen LogP contribution is -2.34. The van der Waals surface area contributed by atoms with Crippen LogP contribution in [0.4, 0.5) is 0 Å². The largest absolute Gasteiger partial charge is 0.497 e. The van der Waals surface area contributed by atoms with E-state index in [-0.39, 0.29) is 12.1 Å². The van der Waals surface area contributed by atoms with Gasteiger partial charge in [-0.15, -0.1) is 0 Å². The summed E-state index contributed by atoms with van der Waals surface area (Å²) in [5, 5.41) is 3.82. The molecule has 2 atom stereocenters. The summed E-state index contributed by atoms with van der Waals surface area (Å²) in [7, 11) is 1.70. The van der Waals surface area contributed by atoms with Crippen LogP contribution in [0.15, 0.2) is 36.5 Å². The zero-order valence-corrected chi connectivity index (χ0v) is 14.9. The Hall–Kier alpha value is -2.07. The van der Waals surface area contributed by atoms with Crippen LogP contribution in [-0.4, -0.2) is 18.7 Å². The monoisotopic (exact) mass is 326 g/mol. The summed E-state index contributed by atoms with van der Waals surface area (Å²) in [4.78, 5) is 4.64. The van der Waals surface area contributed by atoms with Gasteiger partial charge in [-0.25, -0.2) is 0 Å². The fourth-order valence-electron chi connectivity index (χ4n) is 3.30. The van der Waals surface area contributed by atoms with Crippen LogP contribution in [0, 0.1) is 12.8 Å². The second kappa shape index (κ2) is 7.22. The molecule has 0 radical (unpaired) electrons. The first kappa shape index (κ1) is 16.8. The van der Waals surface area contributed by atoms with Crippen molar-refractivity contribution in [3.63, 3.8) is 0 Å². The molecule has 0 spiro atoms. The molecule has 1 aliphatic rings. The fourth-order valence-corrected chi connectivity index (χ4v) is 3.30. The van der Waals surface area contributed by atoms with Crippen molar-refractivity contribution in [1.82, 2.24) is 10.3 Å². The molecule has 3 rings (SSSR count). The van der Waals surface area contributed by atoms with E-state index >= 15 is 0 Å². The summed E-state index contributed by atoms with van der Waals surface area (Å²) < 4.78 is 11.2. The van der Waals surface area contributed by atoms with Crippen molar-refractivity contribution in [3.8, 4) is 11.5 Å². The second-order valence-electron chi connectivity index (χ2n) is 6.69. The highest BCUT2D eigenvalue weighted by Gasteiger charge is 2.27. The van der Waals surface area contributed by atoms with Gasteiger partial charge in [-0.05, 0) is 42.7 Å². The average molecular weight is 326 g/mol. The number of rotatable bonds is 5. The maximum Gasteiger partial charge on any atom is 0.124 e. The summed E-state index contributed by atoms with van der Waals surface area (Å²) in [6, 6.07) is 10.6. The highest BCUT2D eigenvalue weighted by molar-refractivity contribution is 5.43. The molecule has 1 aromatic heterocycles. The van der Waals surface area contributed by atoms with Crippen molar-refractivity contribution in [2.45, 2.75) is 39.3 Å². The molecule has 2 aromatic rings. The molecule has 4 nitrogen and oxygen atoms in total. The summed E-state index contributed by atoms with van der Waals surface area (Å²) in [6.07, 6.45) is 2.82. The van der Waals surface area contributed by atoms with Crippen LogP contribution in [0.25, 0.3) is 0 Å². The molecule has 0 unspecified atom stereocenters. The standard InChI is InChI=1S/C20H26N2O2/c1-13(2)19(20-14(3)6-5-10-21-20)22-17-9-11-24-18-8-7-15(23-4)12-16(17)18/h5-8,10,12-13,17,19,22H,9,11H2,1-4H3/t17-,19-/m0/s1.